The Morgan fingerprint density at radius 1 is 1.09 bits per heavy atom. The third-order valence-electron chi connectivity index (χ3n) is 5.20. The van der Waals surface area contributed by atoms with Crippen molar-refractivity contribution < 1.29 is 23.7 Å². The predicted octanol–water partition coefficient (Wildman–Crippen LogP) is 6.65. The number of hydrogen-bond acceptors (Lipinski definition) is 5. The van der Waals surface area contributed by atoms with Crippen molar-refractivity contribution in [1.82, 2.24) is 5.32 Å². The fourth-order valence-electron chi connectivity index (χ4n) is 3.41. The van der Waals surface area contributed by atoms with Crippen molar-refractivity contribution in [3.05, 3.63) is 80.2 Å². The summed E-state index contributed by atoms with van der Waals surface area (Å²) in [6.45, 7) is 1.38. The Hall–Kier alpha value is -2.45. The van der Waals surface area contributed by atoms with E-state index in [-0.39, 0.29) is 18.6 Å². The number of carbonyl (C=O) groups excluding carboxylic acids is 1. The van der Waals surface area contributed by atoms with E-state index in [4.69, 9.17) is 42.1 Å². The van der Waals surface area contributed by atoms with Gasteiger partial charge in [0, 0.05) is 11.1 Å². The van der Waals surface area contributed by atoms with Gasteiger partial charge in [-0.2, -0.15) is 0 Å². The summed E-state index contributed by atoms with van der Waals surface area (Å²) in [4.78, 5) is 13.1. The molecule has 1 N–H and O–H groups in total. The minimum Gasteiger partial charge on any atom is -0.497 e. The molecule has 0 aromatic heterocycles. The van der Waals surface area contributed by atoms with Crippen LogP contribution in [-0.4, -0.2) is 32.3 Å². The van der Waals surface area contributed by atoms with E-state index in [2.05, 4.69) is 21.2 Å². The largest absolute Gasteiger partial charge is 0.497 e. The SMILES string of the molecule is COc1ccc(COc2ccc(Oc3c(Cl)cc(Br)cc3Cl)cc2C(=O)N[C@H]2CCOC2)cc1. The molecule has 0 aliphatic carbocycles. The molecule has 0 spiro atoms. The van der Waals surface area contributed by atoms with Crippen molar-refractivity contribution in [2.45, 2.75) is 19.1 Å². The number of methoxy groups -OCH3 is 1. The van der Waals surface area contributed by atoms with Gasteiger partial charge in [-0.1, -0.05) is 51.3 Å². The molecule has 6 nitrogen and oxygen atoms in total. The zero-order valence-electron chi connectivity index (χ0n) is 18.3. The van der Waals surface area contributed by atoms with Gasteiger partial charge in [0.1, 0.15) is 23.9 Å². The lowest BCUT2D eigenvalue weighted by Crippen LogP contribution is -2.35. The van der Waals surface area contributed by atoms with E-state index in [1.165, 1.54) is 0 Å². The highest BCUT2D eigenvalue weighted by atomic mass is 79.9. The molecule has 34 heavy (non-hydrogen) atoms. The molecule has 1 aliphatic rings. The predicted molar refractivity (Wildman–Crippen MR) is 135 cm³/mol. The molecule has 1 atom stereocenters. The van der Waals surface area contributed by atoms with Gasteiger partial charge in [-0.3, -0.25) is 4.79 Å². The quantitative estimate of drug-likeness (QED) is 0.330. The summed E-state index contributed by atoms with van der Waals surface area (Å²) in [6.07, 6.45) is 0.758. The summed E-state index contributed by atoms with van der Waals surface area (Å²) in [5.41, 5.74) is 1.27. The van der Waals surface area contributed by atoms with Crippen LogP contribution < -0.4 is 19.5 Å². The molecule has 178 valence electrons. The van der Waals surface area contributed by atoms with Gasteiger partial charge in [0.05, 0.1) is 35.4 Å². The number of nitrogens with one attached hydrogen (secondary N) is 1. The van der Waals surface area contributed by atoms with E-state index < -0.39 is 0 Å². The number of hydrogen-bond donors (Lipinski definition) is 1. The van der Waals surface area contributed by atoms with E-state index in [0.29, 0.717) is 46.1 Å². The summed E-state index contributed by atoms with van der Waals surface area (Å²) in [5.74, 6) is 1.60. The van der Waals surface area contributed by atoms with Gasteiger partial charge >= 0.3 is 0 Å². The highest BCUT2D eigenvalue weighted by molar-refractivity contribution is 9.10. The zero-order chi connectivity index (χ0) is 24.1. The second-order valence-electron chi connectivity index (χ2n) is 7.63. The highest BCUT2D eigenvalue weighted by Crippen LogP contribution is 2.39. The highest BCUT2D eigenvalue weighted by Gasteiger charge is 2.22. The number of benzene rings is 3. The molecular weight excluding hydrogens is 545 g/mol. The lowest BCUT2D eigenvalue weighted by Gasteiger charge is -2.17. The fourth-order valence-corrected chi connectivity index (χ4v) is 4.70. The molecule has 0 radical (unpaired) electrons. The van der Waals surface area contributed by atoms with Crippen LogP contribution in [0.4, 0.5) is 0 Å². The minimum atomic E-state index is -0.279. The summed E-state index contributed by atoms with van der Waals surface area (Å²) in [7, 11) is 1.62. The Balaban J connectivity index is 1.58. The van der Waals surface area contributed by atoms with Gasteiger partial charge < -0.3 is 24.3 Å². The fraction of sp³-hybridized carbons (Fsp3) is 0.240. The van der Waals surface area contributed by atoms with Crippen LogP contribution in [0, 0.1) is 0 Å². The van der Waals surface area contributed by atoms with Gasteiger partial charge in [-0.25, -0.2) is 0 Å². The topological polar surface area (TPSA) is 66.0 Å². The number of carbonyl (C=O) groups is 1. The van der Waals surface area contributed by atoms with Gasteiger partial charge in [0.25, 0.3) is 5.91 Å². The third kappa shape index (κ3) is 6.16. The molecule has 1 fully saturated rings. The molecule has 0 saturated carbocycles. The van der Waals surface area contributed by atoms with Crippen molar-refractivity contribution in [3.63, 3.8) is 0 Å². The molecule has 3 aromatic rings. The van der Waals surface area contributed by atoms with Gasteiger partial charge in [0.15, 0.2) is 5.75 Å². The molecule has 4 rings (SSSR count). The van der Waals surface area contributed by atoms with Gasteiger partial charge in [-0.05, 0) is 54.4 Å². The van der Waals surface area contributed by atoms with Gasteiger partial charge in [-0.15, -0.1) is 0 Å². The van der Waals surface area contributed by atoms with Crippen LogP contribution in [0.1, 0.15) is 22.3 Å². The Morgan fingerprint density at radius 2 is 1.79 bits per heavy atom. The lowest BCUT2D eigenvalue weighted by atomic mass is 10.1. The van der Waals surface area contributed by atoms with Crippen LogP contribution in [0.15, 0.2) is 59.1 Å². The van der Waals surface area contributed by atoms with Crippen molar-refractivity contribution in [2.24, 2.45) is 0 Å². The van der Waals surface area contributed by atoms with Crippen molar-refractivity contribution in [3.8, 4) is 23.0 Å². The Morgan fingerprint density at radius 3 is 2.44 bits per heavy atom. The normalized spacial score (nSPS) is 15.1. The summed E-state index contributed by atoms with van der Waals surface area (Å²) in [6, 6.07) is 15.8. The smallest absolute Gasteiger partial charge is 0.255 e. The third-order valence-corrected chi connectivity index (χ3v) is 6.22. The van der Waals surface area contributed by atoms with E-state index in [1.807, 2.05) is 24.3 Å². The number of amides is 1. The molecule has 9 heteroatoms. The van der Waals surface area contributed by atoms with Crippen molar-refractivity contribution >= 4 is 45.0 Å². The molecule has 1 aliphatic heterocycles. The Bertz CT molecular complexity index is 1140. The van der Waals surface area contributed by atoms with Crippen LogP contribution in [0.25, 0.3) is 0 Å². The zero-order valence-corrected chi connectivity index (χ0v) is 21.4. The van der Waals surface area contributed by atoms with Crippen LogP contribution in [-0.2, 0) is 11.3 Å². The maximum atomic E-state index is 13.1. The van der Waals surface area contributed by atoms with Crippen molar-refractivity contribution in [1.29, 1.82) is 0 Å². The first-order valence-electron chi connectivity index (χ1n) is 10.5. The van der Waals surface area contributed by atoms with E-state index in [9.17, 15) is 4.79 Å². The first-order chi connectivity index (χ1) is 16.4. The molecule has 1 amide bonds. The van der Waals surface area contributed by atoms with E-state index in [1.54, 1.807) is 37.4 Å². The van der Waals surface area contributed by atoms with E-state index in [0.717, 1.165) is 22.2 Å². The summed E-state index contributed by atoms with van der Waals surface area (Å²) < 4.78 is 23.2. The first-order valence-corrected chi connectivity index (χ1v) is 12.1. The average molecular weight is 567 g/mol. The number of rotatable bonds is 8. The number of ether oxygens (including phenoxy) is 4. The summed E-state index contributed by atoms with van der Waals surface area (Å²) >= 11 is 16.0. The van der Waals surface area contributed by atoms with Gasteiger partial charge in [0.2, 0.25) is 0 Å². The second kappa shape index (κ2) is 11.3. The molecule has 0 bridgehead atoms. The lowest BCUT2D eigenvalue weighted by molar-refractivity contribution is 0.0925. The van der Waals surface area contributed by atoms with E-state index >= 15 is 0 Å². The second-order valence-corrected chi connectivity index (χ2v) is 9.36. The standard InChI is InChI=1S/C25H22BrCl2NO5/c1-31-18-4-2-15(3-5-18)13-33-23-7-6-19(34-24-21(27)10-16(26)11-22(24)28)12-20(23)25(30)29-17-8-9-32-14-17/h2-7,10-12,17H,8-9,13-14H2,1H3,(H,29,30)/t17-/m0/s1. The maximum Gasteiger partial charge on any atom is 0.255 e. The Kier molecular flexibility index (Phi) is 8.21. The Labute approximate surface area is 216 Å². The average Bonchev–Trinajstić information content (AvgIpc) is 3.33. The van der Waals surface area contributed by atoms with Crippen LogP contribution in [0.5, 0.6) is 23.0 Å². The summed E-state index contributed by atoms with van der Waals surface area (Å²) in [5, 5.41) is 3.68. The van der Waals surface area contributed by atoms with Crippen LogP contribution in [0.2, 0.25) is 10.0 Å². The monoisotopic (exact) mass is 565 g/mol. The molecule has 3 aromatic carbocycles. The number of halogens is 3. The molecule has 1 heterocycles. The van der Waals surface area contributed by atoms with Crippen LogP contribution >= 0.6 is 39.1 Å². The molecular formula is C25H22BrCl2NO5. The minimum absolute atomic E-state index is 0.0538. The maximum absolute atomic E-state index is 13.1. The van der Waals surface area contributed by atoms with Crippen LogP contribution in [0.3, 0.4) is 0 Å². The van der Waals surface area contributed by atoms with Crippen molar-refractivity contribution in [2.75, 3.05) is 20.3 Å². The molecule has 1 saturated heterocycles. The molecule has 0 unspecified atom stereocenters. The first kappa shape index (κ1) is 24.7.